The molecule has 17 heavy (non-hydrogen) atoms. The first kappa shape index (κ1) is 14.1. The van der Waals surface area contributed by atoms with Crippen LogP contribution in [0, 0.1) is 5.92 Å². The molecule has 0 aromatic rings. The van der Waals surface area contributed by atoms with Crippen LogP contribution in [0.2, 0.25) is 0 Å². The summed E-state index contributed by atoms with van der Waals surface area (Å²) in [7, 11) is 0. The molecule has 3 nitrogen and oxygen atoms in total. The number of rotatable bonds is 2. The third kappa shape index (κ3) is 5.79. The summed E-state index contributed by atoms with van der Waals surface area (Å²) in [5.41, 5.74) is 0. The minimum absolute atomic E-state index is 0.0711. The van der Waals surface area contributed by atoms with Gasteiger partial charge in [-0.3, -0.25) is 0 Å². The fourth-order valence-electron chi connectivity index (χ4n) is 2.05. The van der Waals surface area contributed by atoms with Gasteiger partial charge >= 0.3 is 12.3 Å². The van der Waals surface area contributed by atoms with Gasteiger partial charge in [-0.05, 0) is 18.8 Å². The van der Waals surface area contributed by atoms with E-state index in [0.717, 1.165) is 32.1 Å². The molecule has 1 aliphatic carbocycles. The Balaban J connectivity index is 2.33. The van der Waals surface area contributed by atoms with Crippen LogP contribution in [0.5, 0.6) is 0 Å². The topological polar surface area (TPSA) is 38.3 Å². The quantitative estimate of drug-likeness (QED) is 0.767. The number of carbonyl (C=O) groups excluding carboxylic acids is 1. The van der Waals surface area contributed by atoms with Gasteiger partial charge in [-0.2, -0.15) is 13.2 Å². The van der Waals surface area contributed by atoms with E-state index in [1.165, 1.54) is 0 Å². The average molecular weight is 253 g/mol. The molecular weight excluding hydrogens is 235 g/mol. The molecule has 1 N–H and O–H groups in total. The highest BCUT2D eigenvalue weighted by atomic mass is 19.4. The minimum Gasteiger partial charge on any atom is -0.440 e. The molecule has 2 unspecified atom stereocenters. The normalized spacial score (nSPS) is 26.1. The Kier molecular flexibility index (Phi) is 5.08. The van der Waals surface area contributed by atoms with E-state index in [0.29, 0.717) is 0 Å². The molecule has 0 aromatic carbocycles. The predicted molar refractivity (Wildman–Crippen MR) is 56.6 cm³/mol. The summed E-state index contributed by atoms with van der Waals surface area (Å²) >= 11 is 0. The Bertz CT molecular complexity index is 256. The smallest absolute Gasteiger partial charge is 0.422 e. The average Bonchev–Trinajstić information content (AvgIpc) is 2.41. The first-order valence-corrected chi connectivity index (χ1v) is 5.88. The maximum atomic E-state index is 11.8. The van der Waals surface area contributed by atoms with Gasteiger partial charge in [-0.1, -0.05) is 26.2 Å². The van der Waals surface area contributed by atoms with Gasteiger partial charge in [-0.15, -0.1) is 0 Å². The summed E-state index contributed by atoms with van der Waals surface area (Å²) in [5, 5.41) is 2.52. The number of alkyl halides is 3. The second-order valence-electron chi connectivity index (χ2n) is 4.56. The molecule has 0 bridgehead atoms. The van der Waals surface area contributed by atoms with Crippen molar-refractivity contribution in [3.63, 3.8) is 0 Å². The third-order valence-corrected chi connectivity index (χ3v) is 3.03. The van der Waals surface area contributed by atoms with E-state index in [4.69, 9.17) is 0 Å². The summed E-state index contributed by atoms with van der Waals surface area (Å²) in [4.78, 5) is 11.2. The molecule has 1 rings (SSSR count). The van der Waals surface area contributed by atoms with Gasteiger partial charge in [0.2, 0.25) is 0 Å². The molecule has 0 spiro atoms. The van der Waals surface area contributed by atoms with Crippen molar-refractivity contribution >= 4 is 6.09 Å². The number of ether oxygens (including phenoxy) is 1. The second-order valence-corrected chi connectivity index (χ2v) is 4.56. The van der Waals surface area contributed by atoms with Crippen LogP contribution in [-0.4, -0.2) is 24.9 Å². The number of hydrogen-bond acceptors (Lipinski definition) is 2. The summed E-state index contributed by atoms with van der Waals surface area (Å²) in [6, 6.07) is -0.0711. The van der Waals surface area contributed by atoms with Crippen LogP contribution in [0.25, 0.3) is 0 Å². The van der Waals surface area contributed by atoms with Gasteiger partial charge in [0.25, 0.3) is 0 Å². The summed E-state index contributed by atoms with van der Waals surface area (Å²) in [5.74, 6) is 0.288. The van der Waals surface area contributed by atoms with Crippen molar-refractivity contribution in [2.24, 2.45) is 5.92 Å². The van der Waals surface area contributed by atoms with Gasteiger partial charge in [0.15, 0.2) is 6.61 Å². The van der Waals surface area contributed by atoms with Crippen molar-refractivity contribution in [2.45, 2.75) is 51.2 Å². The van der Waals surface area contributed by atoms with E-state index in [-0.39, 0.29) is 12.0 Å². The second kappa shape index (κ2) is 6.12. The van der Waals surface area contributed by atoms with Crippen LogP contribution in [0.3, 0.4) is 0 Å². The zero-order valence-corrected chi connectivity index (χ0v) is 9.85. The maximum absolute atomic E-state index is 11.8. The lowest BCUT2D eigenvalue weighted by Crippen LogP contribution is -2.40. The van der Waals surface area contributed by atoms with Gasteiger partial charge < -0.3 is 10.1 Å². The molecular formula is C11H18F3NO2. The van der Waals surface area contributed by atoms with Crippen LogP contribution in [-0.2, 0) is 4.74 Å². The lowest BCUT2D eigenvalue weighted by atomic mass is 9.97. The van der Waals surface area contributed by atoms with Crippen LogP contribution >= 0.6 is 0 Å². The third-order valence-electron chi connectivity index (χ3n) is 3.03. The summed E-state index contributed by atoms with van der Waals surface area (Å²) in [6.07, 6.45) is -0.425. The summed E-state index contributed by atoms with van der Waals surface area (Å²) < 4.78 is 39.6. The fourth-order valence-corrected chi connectivity index (χ4v) is 2.05. The largest absolute Gasteiger partial charge is 0.440 e. The molecule has 0 saturated heterocycles. The Morgan fingerprint density at radius 1 is 1.29 bits per heavy atom. The number of alkyl carbamates (subject to hydrolysis) is 1. The zero-order chi connectivity index (χ0) is 12.9. The monoisotopic (exact) mass is 253 g/mol. The maximum Gasteiger partial charge on any atom is 0.422 e. The van der Waals surface area contributed by atoms with Crippen molar-refractivity contribution in [1.82, 2.24) is 5.32 Å². The number of carbonyl (C=O) groups is 1. The van der Waals surface area contributed by atoms with E-state index in [1.807, 2.05) is 6.92 Å². The molecule has 1 amide bonds. The van der Waals surface area contributed by atoms with Crippen molar-refractivity contribution in [2.75, 3.05) is 6.61 Å². The molecule has 1 fully saturated rings. The van der Waals surface area contributed by atoms with Crippen LogP contribution in [0.15, 0.2) is 0 Å². The number of amides is 1. The number of nitrogens with one attached hydrogen (secondary N) is 1. The number of hydrogen-bond donors (Lipinski definition) is 1. The van der Waals surface area contributed by atoms with Gasteiger partial charge in [0.05, 0.1) is 0 Å². The Hall–Kier alpha value is -0.940. The highest BCUT2D eigenvalue weighted by molar-refractivity contribution is 5.67. The molecule has 1 saturated carbocycles. The van der Waals surface area contributed by atoms with Gasteiger partial charge in [0.1, 0.15) is 0 Å². The highest BCUT2D eigenvalue weighted by Crippen LogP contribution is 2.23. The zero-order valence-electron chi connectivity index (χ0n) is 9.85. The van der Waals surface area contributed by atoms with E-state index in [1.54, 1.807) is 0 Å². The van der Waals surface area contributed by atoms with Crippen molar-refractivity contribution in [3.05, 3.63) is 0 Å². The van der Waals surface area contributed by atoms with E-state index >= 15 is 0 Å². The first-order chi connectivity index (χ1) is 7.88. The molecule has 100 valence electrons. The molecule has 0 aliphatic heterocycles. The van der Waals surface area contributed by atoms with Crippen molar-refractivity contribution in [3.8, 4) is 0 Å². The lowest BCUT2D eigenvalue weighted by Gasteiger charge is -2.22. The highest BCUT2D eigenvalue weighted by Gasteiger charge is 2.30. The Morgan fingerprint density at radius 3 is 2.59 bits per heavy atom. The Morgan fingerprint density at radius 2 is 1.94 bits per heavy atom. The first-order valence-electron chi connectivity index (χ1n) is 5.88. The van der Waals surface area contributed by atoms with Gasteiger partial charge in [0, 0.05) is 6.04 Å². The van der Waals surface area contributed by atoms with Crippen LogP contribution in [0.1, 0.15) is 39.0 Å². The minimum atomic E-state index is -4.47. The van der Waals surface area contributed by atoms with Crippen molar-refractivity contribution in [1.29, 1.82) is 0 Å². The van der Waals surface area contributed by atoms with Crippen molar-refractivity contribution < 1.29 is 22.7 Å². The molecule has 1 aliphatic rings. The van der Waals surface area contributed by atoms with Crippen LogP contribution < -0.4 is 5.32 Å². The Labute approximate surface area is 98.7 Å². The van der Waals surface area contributed by atoms with E-state index < -0.39 is 18.9 Å². The van der Waals surface area contributed by atoms with E-state index in [2.05, 4.69) is 10.1 Å². The molecule has 6 heteroatoms. The SMILES string of the molecule is CC1CCCCCC1NC(=O)OCC(F)(F)F. The molecule has 2 atom stereocenters. The van der Waals surface area contributed by atoms with Gasteiger partial charge in [-0.25, -0.2) is 4.79 Å². The van der Waals surface area contributed by atoms with Crippen LogP contribution in [0.4, 0.5) is 18.0 Å². The standard InChI is InChI=1S/C11H18F3NO2/c1-8-5-3-2-4-6-9(8)15-10(16)17-7-11(12,13)14/h8-9H,2-7H2,1H3,(H,15,16). The van der Waals surface area contributed by atoms with E-state index in [9.17, 15) is 18.0 Å². The summed E-state index contributed by atoms with van der Waals surface area (Å²) in [6.45, 7) is 0.472. The lowest BCUT2D eigenvalue weighted by molar-refractivity contribution is -0.160. The fraction of sp³-hybridized carbons (Fsp3) is 0.909. The molecule has 0 aromatic heterocycles. The number of halogens is 3. The molecule has 0 radical (unpaired) electrons. The predicted octanol–water partition coefficient (Wildman–Crippen LogP) is 3.24. The molecule has 0 heterocycles.